The Bertz CT molecular complexity index is 525. The molecule has 0 aromatic heterocycles. The molecule has 0 bridgehead atoms. The van der Waals surface area contributed by atoms with Crippen molar-refractivity contribution in [2.45, 2.75) is 12.8 Å². The molecule has 1 aromatic carbocycles. The normalized spacial score (nSPS) is 15.6. The third-order valence-corrected chi connectivity index (χ3v) is 3.97. The molecule has 2 N–H and O–H groups in total. The number of nitrogens with zero attached hydrogens (tertiary/aromatic N) is 2. The van der Waals surface area contributed by atoms with Crippen molar-refractivity contribution in [3.05, 3.63) is 29.8 Å². The maximum absolute atomic E-state index is 12.2. The highest BCUT2D eigenvalue weighted by Crippen LogP contribution is 2.14. The first-order valence-electron chi connectivity index (χ1n) is 7.50. The molecule has 120 valence electrons. The van der Waals surface area contributed by atoms with Crippen LogP contribution in [0.5, 0.6) is 0 Å². The molecule has 1 aliphatic rings. The number of esters is 1. The molecule has 1 aromatic rings. The van der Waals surface area contributed by atoms with E-state index in [1.54, 1.807) is 0 Å². The molecule has 0 atom stereocenters. The standard InChI is InChI=1S/C16H23N3O3/c1-22-16(21)12-18-8-10-19(11-9-18)15(20)7-6-13-4-2-3-5-14(13)17/h2-5H,6-12,17H2,1H3. The van der Waals surface area contributed by atoms with Gasteiger partial charge >= 0.3 is 5.97 Å². The van der Waals surface area contributed by atoms with Crippen LogP contribution < -0.4 is 5.73 Å². The zero-order valence-electron chi connectivity index (χ0n) is 13.0. The van der Waals surface area contributed by atoms with Gasteiger partial charge in [0.1, 0.15) is 0 Å². The molecule has 1 heterocycles. The lowest BCUT2D eigenvalue weighted by molar-refractivity contribution is -0.142. The van der Waals surface area contributed by atoms with Gasteiger partial charge < -0.3 is 15.4 Å². The molecule has 22 heavy (non-hydrogen) atoms. The van der Waals surface area contributed by atoms with Gasteiger partial charge in [-0.3, -0.25) is 14.5 Å². The highest BCUT2D eigenvalue weighted by molar-refractivity contribution is 5.77. The summed E-state index contributed by atoms with van der Waals surface area (Å²) in [5.41, 5.74) is 7.64. The zero-order chi connectivity index (χ0) is 15.9. The zero-order valence-corrected chi connectivity index (χ0v) is 13.0. The second-order valence-electron chi connectivity index (χ2n) is 5.43. The number of nitrogen functional groups attached to an aromatic ring is 1. The fourth-order valence-corrected chi connectivity index (χ4v) is 2.56. The lowest BCUT2D eigenvalue weighted by Gasteiger charge is -2.34. The van der Waals surface area contributed by atoms with Crippen LogP contribution in [-0.4, -0.2) is 61.5 Å². The van der Waals surface area contributed by atoms with Gasteiger partial charge in [-0.15, -0.1) is 0 Å². The number of methoxy groups -OCH3 is 1. The average molecular weight is 305 g/mol. The molecule has 1 aliphatic heterocycles. The number of aryl methyl sites for hydroxylation is 1. The number of para-hydroxylation sites is 1. The molecule has 0 radical (unpaired) electrons. The minimum Gasteiger partial charge on any atom is -0.468 e. The van der Waals surface area contributed by atoms with Crippen molar-refractivity contribution in [1.29, 1.82) is 0 Å². The quantitative estimate of drug-likeness (QED) is 0.634. The monoisotopic (exact) mass is 305 g/mol. The van der Waals surface area contributed by atoms with Gasteiger partial charge in [0.05, 0.1) is 13.7 Å². The molecule has 6 heteroatoms. The number of nitrogens with two attached hydrogens (primary N) is 1. The predicted molar refractivity (Wildman–Crippen MR) is 84.2 cm³/mol. The lowest BCUT2D eigenvalue weighted by atomic mass is 10.1. The first kappa shape index (κ1) is 16.3. The first-order chi connectivity index (χ1) is 10.6. The van der Waals surface area contributed by atoms with E-state index >= 15 is 0 Å². The van der Waals surface area contributed by atoms with E-state index in [1.165, 1.54) is 7.11 Å². The molecule has 0 unspecified atom stereocenters. The van der Waals surface area contributed by atoms with Crippen molar-refractivity contribution in [2.75, 3.05) is 45.6 Å². The SMILES string of the molecule is COC(=O)CN1CCN(C(=O)CCc2ccccc2N)CC1. The number of hydrogen-bond donors (Lipinski definition) is 1. The maximum Gasteiger partial charge on any atom is 0.319 e. The van der Waals surface area contributed by atoms with Crippen molar-refractivity contribution < 1.29 is 14.3 Å². The number of rotatable bonds is 5. The van der Waals surface area contributed by atoms with Crippen molar-refractivity contribution in [1.82, 2.24) is 9.80 Å². The van der Waals surface area contributed by atoms with Crippen LogP contribution in [0.4, 0.5) is 5.69 Å². The van der Waals surface area contributed by atoms with Crippen molar-refractivity contribution in [2.24, 2.45) is 0 Å². The fraction of sp³-hybridized carbons (Fsp3) is 0.500. The summed E-state index contributed by atoms with van der Waals surface area (Å²) in [5, 5.41) is 0. The van der Waals surface area contributed by atoms with E-state index in [0.717, 1.165) is 11.3 Å². The molecular weight excluding hydrogens is 282 g/mol. The lowest BCUT2D eigenvalue weighted by Crippen LogP contribution is -2.50. The molecule has 0 saturated carbocycles. The Morgan fingerprint density at radius 3 is 2.50 bits per heavy atom. The van der Waals surface area contributed by atoms with Crippen LogP contribution in [0.25, 0.3) is 0 Å². The predicted octanol–water partition coefficient (Wildman–Crippen LogP) is 0.519. The highest BCUT2D eigenvalue weighted by Gasteiger charge is 2.22. The van der Waals surface area contributed by atoms with E-state index in [9.17, 15) is 9.59 Å². The Labute approximate surface area is 130 Å². The topological polar surface area (TPSA) is 75.9 Å². The number of anilines is 1. The molecule has 1 fully saturated rings. The van der Waals surface area contributed by atoms with Crippen LogP contribution in [0.2, 0.25) is 0 Å². The average Bonchev–Trinajstić information content (AvgIpc) is 2.54. The summed E-state index contributed by atoms with van der Waals surface area (Å²) in [6.45, 7) is 3.00. The van der Waals surface area contributed by atoms with E-state index in [4.69, 9.17) is 5.73 Å². The largest absolute Gasteiger partial charge is 0.468 e. The Hall–Kier alpha value is -2.08. The van der Waals surface area contributed by atoms with Gasteiger partial charge in [0.15, 0.2) is 0 Å². The first-order valence-corrected chi connectivity index (χ1v) is 7.50. The van der Waals surface area contributed by atoms with Crippen LogP contribution >= 0.6 is 0 Å². The Morgan fingerprint density at radius 2 is 1.86 bits per heavy atom. The fourth-order valence-electron chi connectivity index (χ4n) is 2.56. The molecular formula is C16H23N3O3. The third kappa shape index (κ3) is 4.46. The van der Waals surface area contributed by atoms with E-state index in [1.807, 2.05) is 34.1 Å². The summed E-state index contributed by atoms with van der Waals surface area (Å²) in [4.78, 5) is 27.3. The summed E-state index contributed by atoms with van der Waals surface area (Å²) < 4.78 is 4.65. The molecule has 1 saturated heterocycles. The Kier molecular flexibility index (Phi) is 5.77. The summed E-state index contributed by atoms with van der Waals surface area (Å²) in [6, 6.07) is 7.63. The van der Waals surface area contributed by atoms with Gasteiger partial charge in [-0.25, -0.2) is 0 Å². The highest BCUT2D eigenvalue weighted by atomic mass is 16.5. The number of benzene rings is 1. The van der Waals surface area contributed by atoms with Crippen LogP contribution in [0.1, 0.15) is 12.0 Å². The van der Waals surface area contributed by atoms with Gasteiger partial charge in [-0.05, 0) is 18.1 Å². The summed E-state index contributed by atoms with van der Waals surface area (Å²) in [5.74, 6) is -0.0969. The number of hydrogen-bond acceptors (Lipinski definition) is 5. The summed E-state index contributed by atoms with van der Waals surface area (Å²) in [7, 11) is 1.39. The number of ether oxygens (including phenoxy) is 1. The van der Waals surface area contributed by atoms with Crippen molar-refractivity contribution >= 4 is 17.6 Å². The molecule has 0 spiro atoms. The van der Waals surface area contributed by atoms with Gasteiger partial charge in [0.25, 0.3) is 0 Å². The Morgan fingerprint density at radius 1 is 1.18 bits per heavy atom. The Balaban J connectivity index is 1.76. The maximum atomic E-state index is 12.2. The van der Waals surface area contributed by atoms with E-state index in [-0.39, 0.29) is 11.9 Å². The van der Waals surface area contributed by atoms with Gasteiger partial charge in [0.2, 0.25) is 5.91 Å². The number of piperazine rings is 1. The minimum atomic E-state index is -0.237. The van der Waals surface area contributed by atoms with Crippen LogP contribution in [0.15, 0.2) is 24.3 Å². The van der Waals surface area contributed by atoms with E-state index < -0.39 is 0 Å². The van der Waals surface area contributed by atoms with Gasteiger partial charge in [-0.1, -0.05) is 18.2 Å². The van der Waals surface area contributed by atoms with Crippen molar-refractivity contribution in [3.8, 4) is 0 Å². The molecule has 1 amide bonds. The number of amides is 1. The summed E-state index contributed by atoms with van der Waals surface area (Å²) in [6.07, 6.45) is 1.12. The van der Waals surface area contributed by atoms with Crippen LogP contribution in [0.3, 0.4) is 0 Å². The van der Waals surface area contributed by atoms with Crippen molar-refractivity contribution in [3.63, 3.8) is 0 Å². The van der Waals surface area contributed by atoms with E-state index in [2.05, 4.69) is 4.74 Å². The van der Waals surface area contributed by atoms with E-state index in [0.29, 0.717) is 45.6 Å². The summed E-state index contributed by atoms with van der Waals surface area (Å²) >= 11 is 0. The van der Waals surface area contributed by atoms with Crippen LogP contribution in [0, 0.1) is 0 Å². The third-order valence-electron chi connectivity index (χ3n) is 3.97. The molecule has 2 rings (SSSR count). The van der Waals surface area contributed by atoms with Gasteiger partial charge in [-0.2, -0.15) is 0 Å². The van der Waals surface area contributed by atoms with Gasteiger partial charge in [0, 0.05) is 38.3 Å². The molecule has 0 aliphatic carbocycles. The second-order valence-corrected chi connectivity index (χ2v) is 5.43. The smallest absolute Gasteiger partial charge is 0.319 e. The van der Waals surface area contributed by atoms with Crippen LogP contribution in [-0.2, 0) is 20.7 Å². The number of carbonyl (C=O) groups excluding carboxylic acids is 2. The molecule has 6 nitrogen and oxygen atoms in total. The minimum absolute atomic E-state index is 0.140. The second kappa shape index (κ2) is 7.79. The number of carbonyl (C=O) groups is 2.